The van der Waals surface area contributed by atoms with Gasteiger partial charge in [-0.25, -0.2) is 4.98 Å². The van der Waals surface area contributed by atoms with Gasteiger partial charge in [0.1, 0.15) is 10.7 Å². The summed E-state index contributed by atoms with van der Waals surface area (Å²) in [7, 11) is 0. The van der Waals surface area contributed by atoms with Crippen LogP contribution in [0.5, 0.6) is 0 Å². The Kier molecular flexibility index (Phi) is 6.40. The minimum Gasteiger partial charge on any atom is -0.353 e. The molecule has 7 heteroatoms. The zero-order chi connectivity index (χ0) is 18.7. The largest absolute Gasteiger partial charge is 0.353 e. The lowest BCUT2D eigenvalue weighted by Crippen LogP contribution is -2.35. The first kappa shape index (κ1) is 19.4. The summed E-state index contributed by atoms with van der Waals surface area (Å²) in [4.78, 5) is 34.3. The van der Waals surface area contributed by atoms with E-state index in [9.17, 15) is 9.59 Å². The molecule has 26 heavy (non-hydrogen) atoms. The number of thiophene rings is 1. The number of nitrogens with zero attached hydrogens (tertiary/aromatic N) is 1. The van der Waals surface area contributed by atoms with Gasteiger partial charge in [-0.2, -0.15) is 0 Å². The summed E-state index contributed by atoms with van der Waals surface area (Å²) in [5.74, 6) is 2.32. The maximum Gasteiger partial charge on any atom is 0.259 e. The molecule has 1 aliphatic rings. The molecule has 142 valence electrons. The van der Waals surface area contributed by atoms with Crippen LogP contribution < -0.4 is 10.9 Å². The standard InChI is InChI=1S/C19H27N3O2S2/c1-4-12(5-2)20-16(23)10-25-9-15-21-18(24)17-13-7-6-11(3)8-14(13)26-19(17)22-15/h11-12H,4-10H2,1-3H3,(H,20,23)(H,21,22,24)/t11-/m1/s1. The Hall–Kier alpha value is -1.34. The number of carbonyl (C=O) groups is 1. The molecule has 0 spiro atoms. The van der Waals surface area contributed by atoms with Crippen molar-refractivity contribution in [1.29, 1.82) is 0 Å². The highest BCUT2D eigenvalue weighted by Gasteiger charge is 2.23. The van der Waals surface area contributed by atoms with Gasteiger partial charge in [-0.05, 0) is 43.6 Å². The van der Waals surface area contributed by atoms with Crippen LogP contribution in [0.3, 0.4) is 0 Å². The minimum absolute atomic E-state index is 0.0286. The Morgan fingerprint density at radius 3 is 2.92 bits per heavy atom. The summed E-state index contributed by atoms with van der Waals surface area (Å²) < 4.78 is 0. The molecule has 2 aromatic heterocycles. The summed E-state index contributed by atoms with van der Waals surface area (Å²) in [6.07, 6.45) is 5.06. The topological polar surface area (TPSA) is 74.8 Å². The number of aromatic amines is 1. The van der Waals surface area contributed by atoms with Gasteiger partial charge in [0.25, 0.3) is 5.56 Å². The second-order valence-electron chi connectivity index (χ2n) is 7.12. The molecule has 0 saturated heterocycles. The Morgan fingerprint density at radius 1 is 1.42 bits per heavy atom. The van der Waals surface area contributed by atoms with Crippen molar-refractivity contribution in [3.63, 3.8) is 0 Å². The van der Waals surface area contributed by atoms with E-state index in [1.807, 2.05) is 0 Å². The number of thioether (sulfide) groups is 1. The number of fused-ring (bicyclic) bond motifs is 3. The fraction of sp³-hybridized carbons (Fsp3) is 0.632. The molecule has 1 amide bonds. The second kappa shape index (κ2) is 8.57. The molecule has 0 saturated carbocycles. The number of nitrogens with one attached hydrogen (secondary N) is 2. The van der Waals surface area contributed by atoms with Crippen LogP contribution in [-0.2, 0) is 23.4 Å². The number of aryl methyl sites for hydroxylation is 1. The van der Waals surface area contributed by atoms with Crippen LogP contribution in [-0.4, -0.2) is 27.7 Å². The molecule has 0 unspecified atom stereocenters. The Bertz CT molecular complexity index is 839. The van der Waals surface area contributed by atoms with Gasteiger partial charge in [0.05, 0.1) is 16.9 Å². The number of amides is 1. The Labute approximate surface area is 162 Å². The van der Waals surface area contributed by atoms with E-state index in [0.29, 0.717) is 23.2 Å². The van der Waals surface area contributed by atoms with Gasteiger partial charge < -0.3 is 10.3 Å². The molecule has 0 radical (unpaired) electrons. The molecule has 3 rings (SSSR count). The van der Waals surface area contributed by atoms with Crippen LogP contribution in [0.25, 0.3) is 10.2 Å². The number of rotatable bonds is 7. The highest BCUT2D eigenvalue weighted by atomic mass is 32.2. The van der Waals surface area contributed by atoms with Crippen LogP contribution in [0.2, 0.25) is 0 Å². The first-order valence-electron chi connectivity index (χ1n) is 9.42. The van der Waals surface area contributed by atoms with Gasteiger partial charge in [-0.15, -0.1) is 23.1 Å². The Balaban J connectivity index is 1.66. The third-order valence-electron chi connectivity index (χ3n) is 5.04. The van der Waals surface area contributed by atoms with Crippen molar-refractivity contribution in [3.8, 4) is 0 Å². The van der Waals surface area contributed by atoms with Crippen LogP contribution in [0.15, 0.2) is 4.79 Å². The van der Waals surface area contributed by atoms with E-state index >= 15 is 0 Å². The molecule has 0 aromatic carbocycles. The molecule has 2 aromatic rings. The molecule has 5 nitrogen and oxygen atoms in total. The van der Waals surface area contributed by atoms with Crippen LogP contribution in [0, 0.1) is 5.92 Å². The number of hydrogen-bond donors (Lipinski definition) is 2. The molecule has 1 aliphatic carbocycles. The molecule has 2 N–H and O–H groups in total. The monoisotopic (exact) mass is 393 g/mol. The molecule has 0 aliphatic heterocycles. The van der Waals surface area contributed by atoms with Crippen molar-refractivity contribution in [2.75, 3.05) is 5.75 Å². The van der Waals surface area contributed by atoms with Gasteiger partial charge in [0, 0.05) is 10.9 Å². The lowest BCUT2D eigenvalue weighted by Gasteiger charge is -2.17. The zero-order valence-electron chi connectivity index (χ0n) is 15.7. The molecule has 1 atom stereocenters. The van der Waals surface area contributed by atoms with E-state index in [2.05, 4.69) is 36.1 Å². The maximum absolute atomic E-state index is 12.6. The van der Waals surface area contributed by atoms with Crippen molar-refractivity contribution < 1.29 is 4.79 Å². The first-order chi connectivity index (χ1) is 12.5. The average molecular weight is 394 g/mol. The number of hydrogen-bond acceptors (Lipinski definition) is 5. The van der Waals surface area contributed by atoms with E-state index in [0.717, 1.165) is 42.3 Å². The number of aromatic nitrogens is 2. The summed E-state index contributed by atoms with van der Waals surface area (Å²) >= 11 is 3.16. The normalized spacial score (nSPS) is 16.8. The highest BCUT2D eigenvalue weighted by molar-refractivity contribution is 7.99. The van der Waals surface area contributed by atoms with Crippen LogP contribution in [0.1, 0.15) is 56.3 Å². The fourth-order valence-electron chi connectivity index (χ4n) is 3.46. The van der Waals surface area contributed by atoms with Gasteiger partial charge in [0.15, 0.2) is 0 Å². The zero-order valence-corrected chi connectivity index (χ0v) is 17.3. The van der Waals surface area contributed by atoms with Crippen LogP contribution in [0.4, 0.5) is 0 Å². The second-order valence-corrected chi connectivity index (χ2v) is 9.19. The molecule has 0 fully saturated rings. The van der Waals surface area contributed by atoms with E-state index < -0.39 is 0 Å². The summed E-state index contributed by atoms with van der Waals surface area (Å²) in [5, 5.41) is 3.82. The Morgan fingerprint density at radius 2 is 2.19 bits per heavy atom. The van der Waals surface area contributed by atoms with Gasteiger partial charge in [0.2, 0.25) is 5.91 Å². The van der Waals surface area contributed by atoms with Gasteiger partial charge in [-0.1, -0.05) is 20.8 Å². The van der Waals surface area contributed by atoms with E-state index in [4.69, 9.17) is 0 Å². The third-order valence-corrected chi connectivity index (χ3v) is 7.13. The predicted octanol–water partition coefficient (Wildman–Crippen LogP) is 3.65. The molecular formula is C19H27N3O2S2. The quantitative estimate of drug-likeness (QED) is 0.753. The molecule has 2 heterocycles. The maximum atomic E-state index is 12.6. The average Bonchev–Trinajstić information content (AvgIpc) is 2.97. The van der Waals surface area contributed by atoms with E-state index in [-0.39, 0.29) is 17.5 Å². The number of H-pyrrole nitrogens is 1. The van der Waals surface area contributed by atoms with Crippen molar-refractivity contribution in [3.05, 3.63) is 26.6 Å². The lowest BCUT2D eigenvalue weighted by molar-refractivity contribution is -0.119. The van der Waals surface area contributed by atoms with Gasteiger partial charge >= 0.3 is 0 Å². The first-order valence-corrected chi connectivity index (χ1v) is 11.4. The van der Waals surface area contributed by atoms with E-state index in [1.54, 1.807) is 11.3 Å². The van der Waals surface area contributed by atoms with Gasteiger partial charge in [-0.3, -0.25) is 9.59 Å². The predicted molar refractivity (Wildman–Crippen MR) is 110 cm³/mol. The highest BCUT2D eigenvalue weighted by Crippen LogP contribution is 2.35. The van der Waals surface area contributed by atoms with Crippen molar-refractivity contribution in [1.82, 2.24) is 15.3 Å². The lowest BCUT2D eigenvalue weighted by atomic mass is 9.89. The SMILES string of the molecule is CCC(CC)NC(=O)CSCc1nc2sc3c(c2c(=O)[nH]1)CC[C@@H](C)C3. The molecule has 0 bridgehead atoms. The van der Waals surface area contributed by atoms with Crippen molar-refractivity contribution >= 4 is 39.2 Å². The van der Waals surface area contributed by atoms with Crippen molar-refractivity contribution in [2.24, 2.45) is 5.92 Å². The van der Waals surface area contributed by atoms with Crippen molar-refractivity contribution in [2.45, 2.75) is 64.7 Å². The summed E-state index contributed by atoms with van der Waals surface area (Å²) in [6, 6.07) is 0.247. The number of carbonyl (C=O) groups excluding carboxylic acids is 1. The minimum atomic E-state index is -0.0286. The third kappa shape index (κ3) is 4.31. The van der Waals surface area contributed by atoms with E-state index in [1.165, 1.54) is 22.2 Å². The molecular weight excluding hydrogens is 366 g/mol. The smallest absolute Gasteiger partial charge is 0.259 e. The van der Waals surface area contributed by atoms with Crippen LogP contribution >= 0.6 is 23.1 Å². The fourth-order valence-corrected chi connectivity index (χ4v) is 5.57. The summed E-state index contributed by atoms with van der Waals surface area (Å²) in [6.45, 7) is 6.42. The summed E-state index contributed by atoms with van der Waals surface area (Å²) in [5.41, 5.74) is 1.18.